The van der Waals surface area contributed by atoms with Crippen molar-refractivity contribution in [1.29, 1.82) is 0 Å². The van der Waals surface area contributed by atoms with Crippen LogP contribution in [-0.4, -0.2) is 15.9 Å². The number of carbonyl (C=O) groups excluding carboxylic acids is 1. The minimum absolute atomic E-state index is 0.0346. The van der Waals surface area contributed by atoms with Crippen LogP contribution in [0.3, 0.4) is 0 Å². The number of H-pyrrole nitrogens is 2. The molecule has 0 aliphatic heterocycles. The monoisotopic (exact) mass is 354 g/mol. The van der Waals surface area contributed by atoms with Gasteiger partial charge in [0.2, 0.25) is 0 Å². The summed E-state index contributed by atoms with van der Waals surface area (Å²) in [6.07, 6.45) is 0. The average Bonchev–Trinajstić information content (AvgIpc) is 2.58. The van der Waals surface area contributed by atoms with Crippen LogP contribution in [0, 0.1) is 12.7 Å². The second-order valence-electron chi connectivity index (χ2n) is 5.56. The Kier molecular flexibility index (Phi) is 4.66. The number of hydrogen-bond acceptors (Lipinski definition) is 4. The SMILES string of the molecule is Cc1ccccc1Nc1[nH]c(=O)[nH]c(=O)c1C(=O)Nc1ccc(F)cc1. The highest BCUT2D eigenvalue weighted by Gasteiger charge is 2.18. The van der Waals surface area contributed by atoms with Crippen molar-refractivity contribution in [3.8, 4) is 0 Å². The zero-order valence-electron chi connectivity index (χ0n) is 13.7. The third-order valence-corrected chi connectivity index (χ3v) is 3.68. The van der Waals surface area contributed by atoms with Crippen molar-refractivity contribution in [2.75, 3.05) is 10.6 Å². The van der Waals surface area contributed by atoms with Gasteiger partial charge >= 0.3 is 5.69 Å². The summed E-state index contributed by atoms with van der Waals surface area (Å²) < 4.78 is 13.0. The maximum Gasteiger partial charge on any atom is 0.327 e. The van der Waals surface area contributed by atoms with Crippen molar-refractivity contribution in [2.45, 2.75) is 6.92 Å². The average molecular weight is 354 g/mol. The number of anilines is 3. The Balaban J connectivity index is 1.99. The van der Waals surface area contributed by atoms with E-state index in [2.05, 4.69) is 15.6 Å². The van der Waals surface area contributed by atoms with Gasteiger partial charge in [-0.05, 0) is 42.8 Å². The van der Waals surface area contributed by atoms with Gasteiger partial charge in [0.05, 0.1) is 0 Å². The molecule has 0 atom stereocenters. The van der Waals surface area contributed by atoms with Gasteiger partial charge in [0.15, 0.2) is 0 Å². The van der Waals surface area contributed by atoms with E-state index in [1.807, 2.05) is 24.0 Å². The maximum atomic E-state index is 13.0. The number of amides is 1. The van der Waals surface area contributed by atoms with Gasteiger partial charge in [-0.25, -0.2) is 9.18 Å². The third kappa shape index (κ3) is 3.69. The Bertz CT molecular complexity index is 1070. The minimum Gasteiger partial charge on any atom is -0.341 e. The van der Waals surface area contributed by atoms with Gasteiger partial charge in [-0.3, -0.25) is 19.6 Å². The molecule has 1 aromatic heterocycles. The third-order valence-electron chi connectivity index (χ3n) is 3.68. The molecule has 2 aromatic carbocycles. The van der Waals surface area contributed by atoms with Crippen LogP contribution in [0.25, 0.3) is 0 Å². The number of nitrogens with one attached hydrogen (secondary N) is 4. The second-order valence-corrected chi connectivity index (χ2v) is 5.56. The van der Waals surface area contributed by atoms with Crippen LogP contribution in [0.1, 0.15) is 15.9 Å². The highest BCUT2D eigenvalue weighted by molar-refractivity contribution is 6.07. The molecule has 4 N–H and O–H groups in total. The summed E-state index contributed by atoms with van der Waals surface area (Å²) in [5.74, 6) is -1.23. The van der Waals surface area contributed by atoms with Gasteiger partial charge in [0, 0.05) is 11.4 Å². The number of carbonyl (C=O) groups is 1. The molecule has 0 unspecified atom stereocenters. The fourth-order valence-corrected chi connectivity index (χ4v) is 2.37. The Morgan fingerprint density at radius 2 is 1.69 bits per heavy atom. The Hall–Kier alpha value is -3.68. The summed E-state index contributed by atoms with van der Waals surface area (Å²) in [4.78, 5) is 40.8. The van der Waals surface area contributed by atoms with Crippen molar-refractivity contribution < 1.29 is 9.18 Å². The van der Waals surface area contributed by atoms with E-state index in [1.165, 1.54) is 24.3 Å². The fraction of sp³-hybridized carbons (Fsp3) is 0.0556. The number of hydrogen-bond donors (Lipinski definition) is 4. The molecule has 3 rings (SSSR count). The predicted octanol–water partition coefficient (Wildman–Crippen LogP) is 2.51. The minimum atomic E-state index is -0.843. The van der Waals surface area contributed by atoms with Crippen LogP contribution in [0.4, 0.5) is 21.6 Å². The molecule has 0 aliphatic carbocycles. The van der Waals surface area contributed by atoms with Crippen molar-refractivity contribution in [1.82, 2.24) is 9.97 Å². The van der Waals surface area contributed by atoms with Crippen LogP contribution < -0.4 is 21.9 Å². The Morgan fingerprint density at radius 1 is 1.00 bits per heavy atom. The molecule has 3 aromatic rings. The molecule has 0 bridgehead atoms. The summed E-state index contributed by atoms with van der Waals surface area (Å²) in [7, 11) is 0. The first-order valence-electron chi connectivity index (χ1n) is 7.70. The van der Waals surface area contributed by atoms with E-state index in [-0.39, 0.29) is 11.4 Å². The van der Waals surface area contributed by atoms with E-state index in [4.69, 9.17) is 0 Å². The number of benzene rings is 2. The second kappa shape index (κ2) is 7.06. The van der Waals surface area contributed by atoms with Gasteiger partial charge in [-0.2, -0.15) is 0 Å². The molecule has 0 aliphatic rings. The van der Waals surface area contributed by atoms with Crippen molar-refractivity contribution in [3.63, 3.8) is 0 Å². The van der Waals surface area contributed by atoms with Crippen molar-refractivity contribution in [2.24, 2.45) is 0 Å². The topological polar surface area (TPSA) is 107 Å². The Morgan fingerprint density at radius 3 is 2.38 bits per heavy atom. The lowest BCUT2D eigenvalue weighted by molar-refractivity contribution is 0.102. The lowest BCUT2D eigenvalue weighted by Gasteiger charge is -2.12. The molecule has 26 heavy (non-hydrogen) atoms. The summed E-state index contributed by atoms with van der Waals surface area (Å²) >= 11 is 0. The standard InChI is InChI=1S/C18H15FN4O3/c1-10-4-2-3-5-13(10)21-15-14(17(25)23-18(26)22-15)16(24)20-12-8-6-11(19)7-9-12/h2-9H,1H3,(H,20,24)(H3,21,22,23,25,26). The Labute approximate surface area is 146 Å². The molecule has 0 spiro atoms. The molecule has 8 heteroatoms. The zero-order chi connectivity index (χ0) is 18.7. The number of aromatic amines is 2. The van der Waals surface area contributed by atoms with E-state index in [1.54, 1.807) is 12.1 Å². The molecule has 132 valence electrons. The number of halogens is 1. The molecule has 1 amide bonds. The normalized spacial score (nSPS) is 10.4. The number of aromatic nitrogens is 2. The summed E-state index contributed by atoms with van der Waals surface area (Å²) in [5, 5.41) is 5.40. The lowest BCUT2D eigenvalue weighted by Crippen LogP contribution is -2.32. The largest absolute Gasteiger partial charge is 0.341 e. The van der Waals surface area contributed by atoms with E-state index >= 15 is 0 Å². The highest BCUT2D eigenvalue weighted by Crippen LogP contribution is 2.20. The van der Waals surface area contributed by atoms with Gasteiger partial charge < -0.3 is 10.6 Å². The molecule has 1 heterocycles. The molecule has 0 radical (unpaired) electrons. The molecule has 7 nitrogen and oxygen atoms in total. The molecule has 0 saturated heterocycles. The smallest absolute Gasteiger partial charge is 0.327 e. The van der Waals surface area contributed by atoms with Crippen molar-refractivity contribution in [3.05, 3.63) is 86.3 Å². The van der Waals surface area contributed by atoms with Gasteiger partial charge in [-0.1, -0.05) is 18.2 Å². The van der Waals surface area contributed by atoms with Gasteiger partial charge in [0.1, 0.15) is 17.2 Å². The van der Waals surface area contributed by atoms with E-state index < -0.39 is 23.0 Å². The summed E-state index contributed by atoms with van der Waals surface area (Å²) in [6, 6.07) is 12.3. The number of aryl methyl sites for hydroxylation is 1. The zero-order valence-corrected chi connectivity index (χ0v) is 13.7. The van der Waals surface area contributed by atoms with Crippen molar-refractivity contribution >= 4 is 23.1 Å². The summed E-state index contributed by atoms with van der Waals surface area (Å²) in [6.45, 7) is 1.84. The first kappa shape index (κ1) is 17.2. The van der Waals surface area contributed by atoms with Gasteiger partial charge in [0.25, 0.3) is 11.5 Å². The molecule has 0 fully saturated rings. The van der Waals surface area contributed by atoms with Gasteiger partial charge in [-0.15, -0.1) is 0 Å². The van der Waals surface area contributed by atoms with E-state index in [0.29, 0.717) is 11.4 Å². The predicted molar refractivity (Wildman–Crippen MR) is 96.5 cm³/mol. The number of para-hydroxylation sites is 1. The quantitative estimate of drug-likeness (QED) is 0.577. The highest BCUT2D eigenvalue weighted by atomic mass is 19.1. The fourth-order valence-electron chi connectivity index (χ4n) is 2.37. The molecular formula is C18H15FN4O3. The number of rotatable bonds is 4. The lowest BCUT2D eigenvalue weighted by atomic mass is 10.2. The van der Waals surface area contributed by atoms with Crippen LogP contribution >= 0.6 is 0 Å². The first-order chi connectivity index (χ1) is 12.4. The maximum absolute atomic E-state index is 13.0. The van der Waals surface area contributed by atoms with Crippen LogP contribution in [0.15, 0.2) is 58.1 Å². The summed E-state index contributed by atoms with van der Waals surface area (Å²) in [5.41, 5.74) is -0.0852. The molecule has 0 saturated carbocycles. The van der Waals surface area contributed by atoms with Crippen LogP contribution in [0.5, 0.6) is 0 Å². The first-order valence-corrected chi connectivity index (χ1v) is 7.70. The van der Waals surface area contributed by atoms with E-state index in [9.17, 15) is 18.8 Å². The van der Waals surface area contributed by atoms with Crippen LogP contribution in [0.2, 0.25) is 0 Å². The molecular weight excluding hydrogens is 339 g/mol. The van der Waals surface area contributed by atoms with E-state index in [0.717, 1.165) is 5.56 Å². The van der Waals surface area contributed by atoms with Crippen LogP contribution in [-0.2, 0) is 0 Å².